The molecule has 0 atom stereocenters. The number of nitrogens with zero attached hydrogens (tertiary/aromatic N) is 2. The second-order valence-corrected chi connectivity index (χ2v) is 11.3. The van der Waals surface area contributed by atoms with Crippen molar-refractivity contribution in [2.75, 3.05) is 11.9 Å². The van der Waals surface area contributed by atoms with Crippen LogP contribution in [-0.2, 0) is 13.0 Å². The van der Waals surface area contributed by atoms with Crippen molar-refractivity contribution in [3.8, 4) is 0 Å². The van der Waals surface area contributed by atoms with E-state index in [-0.39, 0.29) is 5.78 Å². The van der Waals surface area contributed by atoms with E-state index in [2.05, 4.69) is 34.5 Å². The molecule has 1 aliphatic heterocycles. The normalized spacial score (nSPS) is 26.8. The van der Waals surface area contributed by atoms with E-state index in [9.17, 15) is 4.79 Å². The number of carbonyl (C=O) groups is 1. The Morgan fingerprint density at radius 2 is 1.64 bits per heavy atom. The van der Waals surface area contributed by atoms with Crippen molar-refractivity contribution in [3.05, 3.63) is 65.2 Å². The zero-order chi connectivity index (χ0) is 24.9. The fourth-order valence-electron chi connectivity index (χ4n) is 6.39. The molecule has 3 N–H and O–H groups in total. The summed E-state index contributed by atoms with van der Waals surface area (Å²) < 4.78 is 0. The number of ketones is 1. The summed E-state index contributed by atoms with van der Waals surface area (Å²) in [6.45, 7) is 3.44. The fraction of sp³-hybridized carbons (Fsp3) is 0.548. The van der Waals surface area contributed by atoms with E-state index in [0.717, 1.165) is 48.6 Å². The third-order valence-corrected chi connectivity index (χ3v) is 8.63. The molecule has 192 valence electrons. The molecular weight excluding hydrogens is 444 g/mol. The van der Waals surface area contributed by atoms with Crippen molar-refractivity contribution >= 4 is 17.4 Å². The van der Waals surface area contributed by atoms with Crippen LogP contribution in [0.25, 0.3) is 0 Å². The van der Waals surface area contributed by atoms with E-state index in [1.54, 1.807) is 6.92 Å². The highest BCUT2D eigenvalue weighted by molar-refractivity contribution is 5.98. The van der Waals surface area contributed by atoms with E-state index in [1.165, 1.54) is 68.9 Å². The average Bonchev–Trinajstić information content (AvgIpc) is 2.90. The highest BCUT2D eigenvalue weighted by atomic mass is 16.1. The molecule has 5 heteroatoms. The molecule has 2 aromatic carbocycles. The van der Waals surface area contributed by atoms with E-state index in [0.29, 0.717) is 12.1 Å². The molecule has 2 saturated carbocycles. The second-order valence-electron chi connectivity index (χ2n) is 11.3. The molecule has 2 aromatic rings. The summed E-state index contributed by atoms with van der Waals surface area (Å²) in [7, 11) is 0. The second kappa shape index (κ2) is 11.6. The van der Waals surface area contributed by atoms with Gasteiger partial charge < -0.3 is 16.0 Å². The molecule has 0 amide bonds. The number of Topliss-reactive ketones (excluding diaryl/α,β-unsaturated/α-hetero) is 1. The lowest BCUT2D eigenvalue weighted by Crippen LogP contribution is -2.41. The summed E-state index contributed by atoms with van der Waals surface area (Å²) >= 11 is 0. The van der Waals surface area contributed by atoms with Crippen LogP contribution in [0.15, 0.2) is 53.5 Å². The minimum atomic E-state index is 0.0855. The van der Waals surface area contributed by atoms with Crippen LogP contribution in [0.4, 0.5) is 5.69 Å². The number of nitrogens with two attached hydrogens (primary N) is 1. The Morgan fingerprint density at radius 1 is 0.944 bits per heavy atom. The van der Waals surface area contributed by atoms with Gasteiger partial charge in [0.05, 0.1) is 6.04 Å². The summed E-state index contributed by atoms with van der Waals surface area (Å²) in [5.74, 6) is 2.77. The van der Waals surface area contributed by atoms with Crippen LogP contribution in [0.3, 0.4) is 0 Å². The van der Waals surface area contributed by atoms with E-state index >= 15 is 0 Å². The van der Waals surface area contributed by atoms with Crippen LogP contribution in [0.1, 0.15) is 86.2 Å². The van der Waals surface area contributed by atoms with Crippen molar-refractivity contribution < 1.29 is 4.79 Å². The lowest BCUT2D eigenvalue weighted by Gasteiger charge is -2.35. The van der Waals surface area contributed by atoms with Gasteiger partial charge in [-0.2, -0.15) is 0 Å². The number of rotatable bonds is 5. The fourth-order valence-corrected chi connectivity index (χ4v) is 6.39. The number of anilines is 1. The molecule has 0 spiro atoms. The van der Waals surface area contributed by atoms with Crippen LogP contribution in [-0.4, -0.2) is 35.3 Å². The first-order valence-electron chi connectivity index (χ1n) is 14.1. The van der Waals surface area contributed by atoms with Crippen molar-refractivity contribution in [1.82, 2.24) is 4.90 Å². The van der Waals surface area contributed by atoms with Gasteiger partial charge in [0.15, 0.2) is 11.7 Å². The van der Waals surface area contributed by atoms with Gasteiger partial charge in [-0.25, -0.2) is 4.99 Å². The number of aliphatic imine (C=N–C) groups is 1. The van der Waals surface area contributed by atoms with Crippen LogP contribution < -0.4 is 11.1 Å². The van der Waals surface area contributed by atoms with Gasteiger partial charge in [0.2, 0.25) is 0 Å². The Balaban J connectivity index is 1.28. The molecule has 36 heavy (non-hydrogen) atoms. The molecule has 0 saturated heterocycles. The van der Waals surface area contributed by atoms with Crippen molar-refractivity contribution in [2.24, 2.45) is 22.6 Å². The zero-order valence-corrected chi connectivity index (χ0v) is 21.8. The maximum atomic E-state index is 12.0. The topological polar surface area (TPSA) is 70.7 Å². The van der Waals surface area contributed by atoms with Crippen LogP contribution in [0.5, 0.6) is 0 Å². The summed E-state index contributed by atoms with van der Waals surface area (Å²) in [6.07, 6.45) is 12.4. The minimum Gasteiger partial charge on any atom is -0.338 e. The number of carbonyl (C=O) groups excluding carboxylic acids is 1. The number of hydrogen-bond acceptors (Lipinski definition) is 3. The van der Waals surface area contributed by atoms with Gasteiger partial charge in [-0.05, 0) is 106 Å². The molecule has 3 aliphatic rings. The lowest BCUT2D eigenvalue weighted by molar-refractivity contribution is 0.101. The van der Waals surface area contributed by atoms with Crippen LogP contribution in [0.2, 0.25) is 0 Å². The van der Waals surface area contributed by atoms with Gasteiger partial charge in [0, 0.05) is 30.4 Å². The predicted molar refractivity (Wildman–Crippen MR) is 148 cm³/mol. The van der Waals surface area contributed by atoms with Gasteiger partial charge in [0.1, 0.15) is 0 Å². The molecule has 0 bridgehead atoms. The molecule has 2 aliphatic carbocycles. The third-order valence-electron chi connectivity index (χ3n) is 8.63. The monoisotopic (exact) mass is 486 g/mol. The molecule has 5 rings (SSSR count). The minimum absolute atomic E-state index is 0.0855. The van der Waals surface area contributed by atoms with Crippen LogP contribution in [0, 0.1) is 11.8 Å². The number of guanidine groups is 1. The quantitative estimate of drug-likeness (QED) is 0.301. The maximum absolute atomic E-state index is 12.0. The number of fused-ring (bicyclic) bond motifs is 1. The van der Waals surface area contributed by atoms with E-state index in [4.69, 9.17) is 10.7 Å². The number of benzene rings is 2. The highest BCUT2D eigenvalue weighted by Gasteiger charge is 2.27. The third kappa shape index (κ3) is 6.36. The van der Waals surface area contributed by atoms with Crippen molar-refractivity contribution in [2.45, 2.75) is 89.8 Å². The Kier molecular flexibility index (Phi) is 8.05. The highest BCUT2D eigenvalue weighted by Crippen LogP contribution is 2.36. The Bertz CT molecular complexity index is 1060. The van der Waals surface area contributed by atoms with E-state index < -0.39 is 0 Å². The van der Waals surface area contributed by atoms with Crippen molar-refractivity contribution in [3.63, 3.8) is 0 Å². The van der Waals surface area contributed by atoms with Gasteiger partial charge in [-0.3, -0.25) is 4.79 Å². The van der Waals surface area contributed by atoms with Gasteiger partial charge in [0.25, 0.3) is 0 Å². The molecular formula is C31H42N4O. The van der Waals surface area contributed by atoms with Gasteiger partial charge in [-0.1, -0.05) is 36.4 Å². The first-order chi connectivity index (χ1) is 17.5. The Hall–Kier alpha value is -2.66. The molecule has 2 fully saturated rings. The molecule has 0 unspecified atom stereocenters. The Labute approximate surface area is 216 Å². The van der Waals surface area contributed by atoms with E-state index in [1.807, 2.05) is 24.3 Å². The predicted octanol–water partition coefficient (Wildman–Crippen LogP) is 6.18. The summed E-state index contributed by atoms with van der Waals surface area (Å²) in [6, 6.07) is 17.4. The summed E-state index contributed by atoms with van der Waals surface area (Å²) in [4.78, 5) is 19.7. The maximum Gasteiger partial charge on any atom is 0.199 e. The van der Waals surface area contributed by atoms with Gasteiger partial charge in [-0.15, -0.1) is 0 Å². The molecule has 0 aromatic heterocycles. The smallest absolute Gasteiger partial charge is 0.199 e. The molecule has 0 radical (unpaired) electrons. The molecule has 1 heterocycles. The standard InChI is InChI=1S/C31H42N4O/c1-22(36)26-7-4-8-30(20-26)34-31(35-18-17-25-5-2-3-6-27(25)21-35)33-29-15-11-24(12-16-29)19-23-9-13-28(32)14-10-23/h2-8,20,23-24,28-29H,9-19,21,32H2,1H3,(H,33,34). The first kappa shape index (κ1) is 25.0. The summed E-state index contributed by atoms with van der Waals surface area (Å²) in [5.41, 5.74) is 10.6. The number of hydrogen-bond donors (Lipinski definition) is 2. The summed E-state index contributed by atoms with van der Waals surface area (Å²) in [5, 5.41) is 3.61. The van der Waals surface area contributed by atoms with Crippen molar-refractivity contribution in [1.29, 1.82) is 0 Å². The molecule has 5 nitrogen and oxygen atoms in total. The average molecular weight is 487 g/mol. The SMILES string of the molecule is CC(=O)c1cccc(NC(=NC2CCC(CC3CCC(N)CC3)CC2)N2CCc3ccccc3C2)c1. The zero-order valence-electron chi connectivity index (χ0n) is 21.8. The number of nitrogens with one attached hydrogen (secondary N) is 1. The first-order valence-corrected chi connectivity index (χ1v) is 14.1. The van der Waals surface area contributed by atoms with Crippen LogP contribution >= 0.6 is 0 Å². The Morgan fingerprint density at radius 3 is 2.36 bits per heavy atom. The largest absolute Gasteiger partial charge is 0.338 e. The van der Waals surface area contributed by atoms with Gasteiger partial charge >= 0.3 is 0 Å². The lowest BCUT2D eigenvalue weighted by atomic mass is 9.76.